The van der Waals surface area contributed by atoms with Crippen molar-refractivity contribution in [3.05, 3.63) is 0 Å². The molecule has 12 heteroatoms. The molecule has 3 N–H and O–H groups in total. The lowest BCUT2D eigenvalue weighted by Crippen LogP contribution is -2.61. The third kappa shape index (κ3) is 3.40. The van der Waals surface area contributed by atoms with E-state index in [0.29, 0.717) is 0 Å². The number of nitrogens with zero attached hydrogens (tertiary/aromatic N) is 2. The molecule has 6 atom stereocenters. The number of methoxy groups -OCH3 is 1. The summed E-state index contributed by atoms with van der Waals surface area (Å²) in [5.74, 6) is 0. The molecule has 0 unspecified atom stereocenters. The minimum atomic E-state index is -4.81. The summed E-state index contributed by atoms with van der Waals surface area (Å²) in [6, 6.07) is -1.08. The first-order chi connectivity index (χ1) is 10.6. The van der Waals surface area contributed by atoms with Gasteiger partial charge in [-0.3, -0.25) is 9.89 Å². The predicted octanol–water partition coefficient (Wildman–Crippen LogP) is 0.0916. The van der Waals surface area contributed by atoms with Gasteiger partial charge in [0.2, 0.25) is 0 Å². The number of aliphatic hydroxyl groups excluding tert-OH is 2. The van der Waals surface area contributed by atoms with E-state index < -0.39 is 48.2 Å². The highest BCUT2D eigenvalue weighted by Crippen LogP contribution is 2.40. The van der Waals surface area contributed by atoms with E-state index in [9.17, 15) is 28.2 Å². The number of alkyl halides is 3. The number of aliphatic hydroxyl groups is 2. The summed E-state index contributed by atoms with van der Waals surface area (Å²) < 4.78 is 48.4. The number of aliphatic imine (C=N–C) groups is 1. The maximum absolute atomic E-state index is 12.9. The summed E-state index contributed by atoms with van der Waals surface area (Å²) >= 11 is 0.758. The van der Waals surface area contributed by atoms with Crippen molar-refractivity contribution in [1.29, 1.82) is 0 Å². The van der Waals surface area contributed by atoms with Gasteiger partial charge in [0.15, 0.2) is 11.3 Å². The van der Waals surface area contributed by atoms with Crippen LogP contribution in [0.4, 0.5) is 18.0 Å². The minimum absolute atomic E-state index is 0.0413. The van der Waals surface area contributed by atoms with E-state index in [1.165, 1.54) is 7.05 Å². The number of ether oxygens (including phenoxy) is 2. The lowest BCUT2D eigenvalue weighted by molar-refractivity contribution is -0.278. The number of hydrogen-bond acceptors (Lipinski definition) is 7. The van der Waals surface area contributed by atoms with Crippen LogP contribution in [0, 0.1) is 0 Å². The van der Waals surface area contributed by atoms with Gasteiger partial charge in [0.25, 0.3) is 0 Å². The molecule has 23 heavy (non-hydrogen) atoms. The maximum atomic E-state index is 12.9. The topological polar surface area (TPSA) is 112 Å². The Labute approximate surface area is 132 Å². The second-order valence-electron chi connectivity index (χ2n) is 5.01. The molecule has 1 fully saturated rings. The molecule has 0 saturated carbocycles. The van der Waals surface area contributed by atoms with Gasteiger partial charge in [0, 0.05) is 14.2 Å². The number of rotatable bonds is 2. The van der Waals surface area contributed by atoms with Gasteiger partial charge in [-0.05, 0) is 0 Å². The smallest absolute Gasteiger partial charge is 0.417 e. The van der Waals surface area contributed by atoms with E-state index in [0.717, 1.165) is 23.8 Å². The third-order valence-corrected chi connectivity index (χ3v) is 4.75. The van der Waals surface area contributed by atoms with Gasteiger partial charge in [-0.25, -0.2) is 4.79 Å². The number of fused-ring (bicyclic) bond motifs is 1. The van der Waals surface area contributed by atoms with Crippen molar-refractivity contribution in [2.75, 3.05) is 14.2 Å². The van der Waals surface area contributed by atoms with Crippen molar-refractivity contribution in [3.8, 4) is 0 Å². The summed E-state index contributed by atoms with van der Waals surface area (Å²) in [6.45, 7) is 0. The van der Waals surface area contributed by atoms with Crippen molar-refractivity contribution in [3.63, 3.8) is 0 Å². The molecule has 0 bridgehead atoms. The highest BCUT2D eigenvalue weighted by molar-refractivity contribution is 8.14. The number of hydrogen-bond donors (Lipinski definition) is 3. The molecular weight excluding hydrogens is 345 g/mol. The van der Waals surface area contributed by atoms with Crippen LogP contribution in [-0.2, 0) is 9.47 Å². The summed E-state index contributed by atoms with van der Waals surface area (Å²) in [7, 11) is 2.01. The number of carbonyl (C=O) groups is 1. The van der Waals surface area contributed by atoms with Crippen molar-refractivity contribution < 1.29 is 42.8 Å². The molecule has 2 aliphatic rings. The molecule has 2 rings (SSSR count). The van der Waals surface area contributed by atoms with Gasteiger partial charge in [-0.2, -0.15) is 13.2 Å². The van der Waals surface area contributed by atoms with Gasteiger partial charge < -0.3 is 24.8 Å². The van der Waals surface area contributed by atoms with Crippen LogP contribution < -0.4 is 0 Å². The molecule has 0 aromatic heterocycles. The molecule has 1 saturated heterocycles. The number of amidine groups is 1. The third-order valence-electron chi connectivity index (χ3n) is 3.54. The number of halogens is 3. The second-order valence-corrected chi connectivity index (χ2v) is 6.08. The Bertz CT molecular complexity index is 505. The first-order valence-corrected chi connectivity index (χ1v) is 7.28. The van der Waals surface area contributed by atoms with E-state index in [1.54, 1.807) is 0 Å². The quantitative estimate of drug-likeness (QED) is 0.640. The molecule has 8 nitrogen and oxygen atoms in total. The SMILES string of the molecule is CO[C@H]([C@H]1O[C@@H]2SC(N(C)C(=O)O)=N[C@@H]2[C@@H](O)[C@@H]1O)C(F)(F)F. The molecule has 0 spiro atoms. The van der Waals surface area contributed by atoms with Crippen molar-refractivity contribution in [2.24, 2.45) is 4.99 Å². The van der Waals surface area contributed by atoms with E-state index in [4.69, 9.17) is 9.84 Å². The lowest BCUT2D eigenvalue weighted by Gasteiger charge is -2.41. The standard InChI is InChI=1S/C11H15F3N2O6S/c1-16(10(19)20)9-15-3-4(17)5(18)6(22-8(3)23-9)7(21-2)11(12,13)14/h3-8,17-18H,1-2H3,(H,19,20)/t3-,4-,5+,6+,7-,8-/m1/s1. The van der Waals surface area contributed by atoms with Gasteiger partial charge in [0.1, 0.15) is 29.8 Å². The summed E-state index contributed by atoms with van der Waals surface area (Å²) in [5, 5.41) is 28.8. The molecule has 0 aromatic rings. The maximum Gasteiger partial charge on any atom is 0.417 e. The molecule has 0 aromatic carbocycles. The zero-order valence-corrected chi connectivity index (χ0v) is 12.8. The molecule has 2 aliphatic heterocycles. The van der Waals surface area contributed by atoms with Crippen molar-refractivity contribution in [2.45, 2.75) is 42.1 Å². The monoisotopic (exact) mass is 360 g/mol. The fourth-order valence-electron chi connectivity index (χ4n) is 2.32. The zero-order chi connectivity index (χ0) is 17.5. The van der Waals surface area contributed by atoms with Crippen LogP contribution in [0.1, 0.15) is 0 Å². The highest BCUT2D eigenvalue weighted by Gasteiger charge is 2.57. The first kappa shape index (κ1) is 18.3. The average molecular weight is 360 g/mol. The molecule has 132 valence electrons. The van der Waals surface area contributed by atoms with Crippen LogP contribution in [0.5, 0.6) is 0 Å². The number of thioether (sulfide) groups is 1. The molecule has 1 amide bonds. The van der Waals surface area contributed by atoms with Crippen LogP contribution in [0.15, 0.2) is 4.99 Å². The fraction of sp³-hybridized carbons (Fsp3) is 0.818. The zero-order valence-electron chi connectivity index (χ0n) is 12.0. The molecule has 0 aliphatic carbocycles. The summed E-state index contributed by atoms with van der Waals surface area (Å²) in [5.41, 5.74) is -1.06. The first-order valence-electron chi connectivity index (χ1n) is 6.40. The Kier molecular flexibility index (Phi) is 5.11. The Morgan fingerprint density at radius 1 is 1.43 bits per heavy atom. The van der Waals surface area contributed by atoms with Gasteiger partial charge in [-0.15, -0.1) is 0 Å². The average Bonchev–Trinajstić information content (AvgIpc) is 2.86. The molecular formula is C11H15F3N2O6S. The fourth-order valence-corrected chi connectivity index (χ4v) is 3.49. The highest BCUT2D eigenvalue weighted by atomic mass is 32.2. The van der Waals surface area contributed by atoms with Crippen LogP contribution in [0.3, 0.4) is 0 Å². The Morgan fingerprint density at radius 2 is 2.04 bits per heavy atom. The van der Waals surface area contributed by atoms with E-state index in [1.807, 2.05) is 0 Å². The molecule has 0 radical (unpaired) electrons. The van der Waals surface area contributed by atoms with E-state index in [2.05, 4.69) is 9.73 Å². The normalized spacial score (nSPS) is 35.4. The Morgan fingerprint density at radius 3 is 2.52 bits per heavy atom. The Hall–Kier alpha value is -1.08. The van der Waals surface area contributed by atoms with Crippen LogP contribution >= 0.6 is 11.8 Å². The summed E-state index contributed by atoms with van der Waals surface area (Å²) in [4.78, 5) is 15.6. The van der Waals surface area contributed by atoms with Gasteiger partial charge >= 0.3 is 12.3 Å². The minimum Gasteiger partial charge on any atom is -0.465 e. The Balaban J connectivity index is 2.21. The second kappa shape index (κ2) is 6.43. The lowest BCUT2D eigenvalue weighted by atomic mass is 9.94. The van der Waals surface area contributed by atoms with E-state index >= 15 is 0 Å². The van der Waals surface area contributed by atoms with Gasteiger partial charge in [-0.1, -0.05) is 11.8 Å². The number of carboxylic acid groups (broad SMARTS) is 1. The summed E-state index contributed by atoms with van der Waals surface area (Å²) in [6.07, 6.45) is -14.0. The van der Waals surface area contributed by atoms with Crippen LogP contribution in [0.2, 0.25) is 0 Å². The van der Waals surface area contributed by atoms with Crippen LogP contribution in [-0.4, -0.2) is 87.7 Å². The van der Waals surface area contributed by atoms with Gasteiger partial charge in [0.05, 0.1) is 0 Å². The van der Waals surface area contributed by atoms with Crippen molar-refractivity contribution in [1.82, 2.24) is 4.90 Å². The van der Waals surface area contributed by atoms with Crippen LogP contribution in [0.25, 0.3) is 0 Å². The predicted molar refractivity (Wildman–Crippen MR) is 72.1 cm³/mol. The molecule has 2 heterocycles. The largest absolute Gasteiger partial charge is 0.465 e. The van der Waals surface area contributed by atoms with E-state index in [-0.39, 0.29) is 5.17 Å². The van der Waals surface area contributed by atoms with Crippen molar-refractivity contribution >= 4 is 23.0 Å². The number of amides is 1.